The first-order chi connectivity index (χ1) is 8.79. The summed E-state index contributed by atoms with van der Waals surface area (Å²) >= 11 is 0. The van der Waals surface area contributed by atoms with Crippen LogP contribution in [0.3, 0.4) is 0 Å². The van der Waals surface area contributed by atoms with Gasteiger partial charge in [0.15, 0.2) is 0 Å². The Morgan fingerprint density at radius 1 is 1.17 bits per heavy atom. The predicted octanol–water partition coefficient (Wildman–Crippen LogP) is 2.60. The minimum absolute atomic E-state index is 0.268. The average Bonchev–Trinajstić information content (AvgIpc) is 2.82. The second kappa shape index (κ2) is 4.23. The number of nitrogens with zero attached hydrogens (tertiary/aromatic N) is 2. The number of hydrogen-bond donors (Lipinski definition) is 1. The Hall–Kier alpha value is -2.20. The lowest BCUT2D eigenvalue weighted by molar-refractivity contribution is 0.631. The second-order valence-corrected chi connectivity index (χ2v) is 4.07. The zero-order valence-electron chi connectivity index (χ0n) is 9.68. The molecule has 0 aliphatic heterocycles. The molecule has 1 aromatic carbocycles. The maximum atomic E-state index is 13.7. The fourth-order valence-corrected chi connectivity index (χ4v) is 2.03. The standard InChI is InChI=1S/C14H12FN3/c15-12-6-2-1-5-11(12)13-9-18-7-3-4-10(8-16)14(18)17-13/h1-7,9H,8,16H2. The van der Waals surface area contributed by atoms with Gasteiger partial charge in [0.05, 0.1) is 5.69 Å². The van der Waals surface area contributed by atoms with Gasteiger partial charge in [0.2, 0.25) is 0 Å². The number of benzene rings is 1. The molecule has 2 aromatic heterocycles. The second-order valence-electron chi connectivity index (χ2n) is 4.07. The molecule has 3 rings (SSSR count). The summed E-state index contributed by atoms with van der Waals surface area (Å²) in [5.41, 5.74) is 8.51. The fourth-order valence-electron chi connectivity index (χ4n) is 2.03. The van der Waals surface area contributed by atoms with Crippen LogP contribution < -0.4 is 5.73 Å². The summed E-state index contributed by atoms with van der Waals surface area (Å²) in [4.78, 5) is 4.46. The number of halogens is 1. The summed E-state index contributed by atoms with van der Waals surface area (Å²) in [5, 5.41) is 0. The van der Waals surface area contributed by atoms with Gasteiger partial charge in [0.1, 0.15) is 11.5 Å². The Morgan fingerprint density at radius 2 is 2.00 bits per heavy atom. The third-order valence-electron chi connectivity index (χ3n) is 2.93. The Kier molecular flexibility index (Phi) is 2.57. The van der Waals surface area contributed by atoms with Gasteiger partial charge in [0, 0.05) is 30.1 Å². The van der Waals surface area contributed by atoms with E-state index in [0.29, 0.717) is 17.8 Å². The normalized spacial score (nSPS) is 11.0. The van der Waals surface area contributed by atoms with Gasteiger partial charge < -0.3 is 10.1 Å². The Balaban J connectivity index is 2.23. The topological polar surface area (TPSA) is 43.3 Å². The van der Waals surface area contributed by atoms with E-state index >= 15 is 0 Å². The van der Waals surface area contributed by atoms with Crippen molar-refractivity contribution in [1.82, 2.24) is 9.38 Å². The highest BCUT2D eigenvalue weighted by molar-refractivity contribution is 5.64. The van der Waals surface area contributed by atoms with Crippen LogP contribution in [0.4, 0.5) is 4.39 Å². The Bertz CT molecular complexity index is 703. The fraction of sp³-hybridized carbons (Fsp3) is 0.0714. The van der Waals surface area contributed by atoms with Gasteiger partial charge >= 0.3 is 0 Å². The molecule has 0 saturated carbocycles. The van der Waals surface area contributed by atoms with Crippen molar-refractivity contribution < 1.29 is 4.39 Å². The quantitative estimate of drug-likeness (QED) is 0.749. The van der Waals surface area contributed by atoms with Crippen LogP contribution in [-0.2, 0) is 6.54 Å². The maximum absolute atomic E-state index is 13.7. The lowest BCUT2D eigenvalue weighted by Gasteiger charge is -1.98. The van der Waals surface area contributed by atoms with E-state index in [1.54, 1.807) is 18.2 Å². The number of nitrogens with two attached hydrogens (primary N) is 1. The van der Waals surface area contributed by atoms with E-state index in [9.17, 15) is 4.39 Å². The first kappa shape index (κ1) is 10.9. The Labute approximate surface area is 104 Å². The molecule has 0 unspecified atom stereocenters. The molecule has 0 spiro atoms. The molecule has 0 fully saturated rings. The molecule has 0 aliphatic carbocycles. The minimum atomic E-state index is -0.268. The van der Waals surface area contributed by atoms with Crippen LogP contribution in [0.1, 0.15) is 5.56 Å². The first-order valence-corrected chi connectivity index (χ1v) is 5.71. The lowest BCUT2D eigenvalue weighted by atomic mass is 10.1. The molecule has 0 atom stereocenters. The predicted molar refractivity (Wildman–Crippen MR) is 68.5 cm³/mol. The summed E-state index contributed by atoms with van der Waals surface area (Å²) < 4.78 is 15.6. The molecule has 3 nitrogen and oxygen atoms in total. The van der Waals surface area contributed by atoms with Gasteiger partial charge in [-0.25, -0.2) is 9.37 Å². The van der Waals surface area contributed by atoms with Crippen LogP contribution in [0.5, 0.6) is 0 Å². The SMILES string of the molecule is NCc1cccn2cc(-c3ccccc3F)nc12. The molecule has 90 valence electrons. The van der Waals surface area contributed by atoms with Crippen molar-refractivity contribution >= 4 is 5.65 Å². The molecule has 2 heterocycles. The van der Waals surface area contributed by atoms with Crippen LogP contribution in [0.15, 0.2) is 48.8 Å². The van der Waals surface area contributed by atoms with Crippen LogP contribution in [0.25, 0.3) is 16.9 Å². The molecule has 2 N–H and O–H groups in total. The van der Waals surface area contributed by atoms with Crippen LogP contribution in [0.2, 0.25) is 0 Å². The molecule has 0 bridgehead atoms. The number of rotatable bonds is 2. The molecule has 3 aromatic rings. The van der Waals surface area contributed by atoms with Crippen LogP contribution in [0, 0.1) is 5.82 Å². The highest BCUT2D eigenvalue weighted by Crippen LogP contribution is 2.23. The average molecular weight is 241 g/mol. The summed E-state index contributed by atoms with van der Waals surface area (Å²) in [6.45, 7) is 0.415. The molecule has 0 aliphatic rings. The van der Waals surface area contributed by atoms with Gasteiger partial charge in [0.25, 0.3) is 0 Å². The third kappa shape index (κ3) is 1.67. The molecule has 0 saturated heterocycles. The van der Waals surface area contributed by atoms with Crippen molar-refractivity contribution in [2.45, 2.75) is 6.54 Å². The van der Waals surface area contributed by atoms with Gasteiger partial charge in [-0.2, -0.15) is 0 Å². The number of aromatic nitrogens is 2. The Morgan fingerprint density at radius 3 is 2.78 bits per heavy atom. The van der Waals surface area contributed by atoms with Crippen molar-refractivity contribution in [3.8, 4) is 11.3 Å². The summed E-state index contributed by atoms with van der Waals surface area (Å²) in [6.07, 6.45) is 3.69. The molecule has 18 heavy (non-hydrogen) atoms. The highest BCUT2D eigenvalue weighted by Gasteiger charge is 2.10. The number of imidazole rings is 1. The van der Waals surface area contributed by atoms with E-state index in [1.165, 1.54) is 6.07 Å². The summed E-state index contributed by atoms with van der Waals surface area (Å²) in [7, 11) is 0. The molecule has 0 amide bonds. The van der Waals surface area contributed by atoms with Gasteiger partial charge in [-0.3, -0.25) is 0 Å². The highest BCUT2D eigenvalue weighted by atomic mass is 19.1. The summed E-state index contributed by atoms with van der Waals surface area (Å²) in [5.74, 6) is -0.268. The van der Waals surface area contributed by atoms with Crippen molar-refractivity contribution in [3.05, 3.63) is 60.2 Å². The van der Waals surface area contributed by atoms with E-state index in [4.69, 9.17) is 5.73 Å². The number of fused-ring (bicyclic) bond motifs is 1. The molecular formula is C14H12FN3. The van der Waals surface area contributed by atoms with Gasteiger partial charge in [-0.15, -0.1) is 0 Å². The van der Waals surface area contributed by atoms with Crippen molar-refractivity contribution in [1.29, 1.82) is 0 Å². The van der Waals surface area contributed by atoms with Gasteiger partial charge in [-0.05, 0) is 18.2 Å². The van der Waals surface area contributed by atoms with Crippen molar-refractivity contribution in [3.63, 3.8) is 0 Å². The zero-order chi connectivity index (χ0) is 12.5. The first-order valence-electron chi connectivity index (χ1n) is 5.71. The van der Waals surface area contributed by atoms with E-state index < -0.39 is 0 Å². The van der Waals surface area contributed by atoms with E-state index in [-0.39, 0.29) is 5.82 Å². The monoisotopic (exact) mass is 241 g/mol. The van der Waals surface area contributed by atoms with Crippen molar-refractivity contribution in [2.75, 3.05) is 0 Å². The van der Waals surface area contributed by atoms with Gasteiger partial charge in [-0.1, -0.05) is 18.2 Å². The number of pyridine rings is 1. The molecule has 0 radical (unpaired) electrons. The number of hydrogen-bond acceptors (Lipinski definition) is 2. The third-order valence-corrected chi connectivity index (χ3v) is 2.93. The lowest BCUT2D eigenvalue weighted by Crippen LogP contribution is -1.99. The van der Waals surface area contributed by atoms with E-state index in [1.807, 2.05) is 28.9 Å². The zero-order valence-corrected chi connectivity index (χ0v) is 9.68. The minimum Gasteiger partial charge on any atom is -0.326 e. The molecule has 4 heteroatoms. The summed E-state index contributed by atoms with van der Waals surface area (Å²) in [6, 6.07) is 10.4. The molecular weight excluding hydrogens is 229 g/mol. The van der Waals surface area contributed by atoms with Crippen LogP contribution in [-0.4, -0.2) is 9.38 Å². The smallest absolute Gasteiger partial charge is 0.141 e. The van der Waals surface area contributed by atoms with E-state index in [2.05, 4.69) is 4.98 Å². The van der Waals surface area contributed by atoms with E-state index in [0.717, 1.165) is 11.2 Å². The maximum Gasteiger partial charge on any atom is 0.141 e. The largest absolute Gasteiger partial charge is 0.326 e. The van der Waals surface area contributed by atoms with Crippen molar-refractivity contribution in [2.24, 2.45) is 5.73 Å². The van der Waals surface area contributed by atoms with Crippen LogP contribution >= 0.6 is 0 Å².